The predicted octanol–water partition coefficient (Wildman–Crippen LogP) is 4.02. The molecule has 5 heteroatoms. The monoisotopic (exact) mass is 376 g/mol. The number of hydrogen-bond donors (Lipinski definition) is 1. The van der Waals surface area contributed by atoms with Crippen molar-refractivity contribution in [1.82, 2.24) is 10.3 Å². The maximum Gasteiger partial charge on any atom is 0.339 e. The van der Waals surface area contributed by atoms with Crippen LogP contribution in [0.5, 0.6) is 0 Å². The van der Waals surface area contributed by atoms with E-state index >= 15 is 0 Å². The topological polar surface area (TPSA) is 68.3 Å². The van der Waals surface area contributed by atoms with Crippen molar-refractivity contribution in [3.63, 3.8) is 0 Å². The lowest BCUT2D eigenvalue weighted by molar-refractivity contribution is -0.129. The lowest BCUT2D eigenvalue weighted by atomic mass is 10.1. The van der Waals surface area contributed by atoms with Crippen molar-refractivity contribution < 1.29 is 14.3 Å². The Balaban J connectivity index is 1.70. The third kappa shape index (κ3) is 4.55. The van der Waals surface area contributed by atoms with Gasteiger partial charge < -0.3 is 10.1 Å². The molecule has 144 valence electrons. The fourth-order valence-electron chi connectivity index (χ4n) is 2.96. The third-order valence-corrected chi connectivity index (χ3v) is 4.55. The van der Waals surface area contributed by atoms with Gasteiger partial charge in [-0.3, -0.25) is 9.78 Å². The molecule has 5 nitrogen and oxygen atoms in total. The number of pyridine rings is 1. The molecule has 1 atom stereocenters. The summed E-state index contributed by atoms with van der Waals surface area (Å²) in [6.45, 7) is 7.75. The molecule has 0 aliphatic heterocycles. The van der Waals surface area contributed by atoms with Gasteiger partial charge in [0.2, 0.25) is 0 Å². The summed E-state index contributed by atoms with van der Waals surface area (Å²) in [6, 6.07) is 15.3. The number of carbonyl (C=O) groups excluding carboxylic acids is 2. The Morgan fingerprint density at radius 2 is 1.68 bits per heavy atom. The molecule has 0 aliphatic rings. The number of benzene rings is 2. The molecule has 1 N–H and O–H groups in total. The Hall–Kier alpha value is -3.21. The van der Waals surface area contributed by atoms with Gasteiger partial charge in [0.15, 0.2) is 6.10 Å². The smallest absolute Gasteiger partial charge is 0.339 e. The van der Waals surface area contributed by atoms with Crippen LogP contribution >= 0.6 is 0 Å². The van der Waals surface area contributed by atoms with Crippen LogP contribution in [0, 0.1) is 20.8 Å². The van der Waals surface area contributed by atoms with E-state index < -0.39 is 12.1 Å². The number of nitrogens with one attached hydrogen (secondary N) is 1. The summed E-state index contributed by atoms with van der Waals surface area (Å²) in [5.41, 5.74) is 5.05. The predicted molar refractivity (Wildman–Crippen MR) is 109 cm³/mol. The van der Waals surface area contributed by atoms with Crippen molar-refractivity contribution in [2.45, 2.75) is 40.3 Å². The van der Waals surface area contributed by atoms with Crippen LogP contribution in [-0.4, -0.2) is 23.0 Å². The van der Waals surface area contributed by atoms with Crippen LogP contribution in [-0.2, 0) is 16.1 Å². The minimum absolute atomic E-state index is 0.333. The zero-order chi connectivity index (χ0) is 20.3. The molecule has 1 unspecified atom stereocenters. The van der Waals surface area contributed by atoms with E-state index in [9.17, 15) is 9.59 Å². The average molecular weight is 376 g/mol. The first kappa shape index (κ1) is 19.5. The van der Waals surface area contributed by atoms with E-state index in [0.29, 0.717) is 12.1 Å². The van der Waals surface area contributed by atoms with Gasteiger partial charge in [0.1, 0.15) is 0 Å². The Morgan fingerprint density at radius 3 is 2.39 bits per heavy atom. The second kappa shape index (κ2) is 8.21. The largest absolute Gasteiger partial charge is 0.449 e. The van der Waals surface area contributed by atoms with Crippen molar-refractivity contribution in [3.05, 3.63) is 76.5 Å². The summed E-state index contributed by atoms with van der Waals surface area (Å²) >= 11 is 0. The van der Waals surface area contributed by atoms with Gasteiger partial charge in [0.25, 0.3) is 5.91 Å². The quantitative estimate of drug-likeness (QED) is 0.683. The lowest BCUT2D eigenvalue weighted by Crippen LogP contribution is -2.35. The standard InChI is InChI=1S/C23H24N2O3/c1-14-5-8-18(9-6-14)13-24-22(26)17(4)28-23(27)20-12-16(3)25-21-10-7-15(2)11-19(20)21/h5-12,17H,13H2,1-4H3,(H,24,26). The fraction of sp³-hybridized carbons (Fsp3) is 0.261. The van der Waals surface area contributed by atoms with E-state index in [1.165, 1.54) is 0 Å². The summed E-state index contributed by atoms with van der Waals surface area (Å²) in [4.78, 5) is 29.5. The Morgan fingerprint density at radius 1 is 1.00 bits per heavy atom. The van der Waals surface area contributed by atoms with E-state index in [4.69, 9.17) is 4.74 Å². The van der Waals surface area contributed by atoms with Crippen molar-refractivity contribution in [2.24, 2.45) is 0 Å². The zero-order valence-corrected chi connectivity index (χ0v) is 16.6. The Kier molecular flexibility index (Phi) is 5.73. The Bertz CT molecular complexity index is 1030. The van der Waals surface area contributed by atoms with Crippen LogP contribution in [0.25, 0.3) is 10.9 Å². The Labute approximate surface area is 164 Å². The van der Waals surface area contributed by atoms with Crippen LogP contribution in [0.3, 0.4) is 0 Å². The number of amides is 1. The first-order chi connectivity index (χ1) is 13.3. The molecule has 0 saturated carbocycles. The highest BCUT2D eigenvalue weighted by atomic mass is 16.5. The molecule has 3 rings (SSSR count). The first-order valence-corrected chi connectivity index (χ1v) is 9.26. The molecule has 0 saturated heterocycles. The average Bonchev–Trinajstić information content (AvgIpc) is 2.66. The molecule has 1 heterocycles. The van der Waals surface area contributed by atoms with Crippen LogP contribution in [0.15, 0.2) is 48.5 Å². The van der Waals surface area contributed by atoms with Crippen molar-refractivity contribution in [2.75, 3.05) is 0 Å². The number of rotatable bonds is 5. The molecule has 1 aromatic heterocycles. The fourth-order valence-corrected chi connectivity index (χ4v) is 2.96. The van der Waals surface area contributed by atoms with Gasteiger partial charge >= 0.3 is 5.97 Å². The molecule has 0 spiro atoms. The second-order valence-corrected chi connectivity index (χ2v) is 7.08. The molecular weight excluding hydrogens is 352 g/mol. The molecule has 0 aliphatic carbocycles. The number of ether oxygens (including phenoxy) is 1. The van der Waals surface area contributed by atoms with Gasteiger partial charge in [-0.1, -0.05) is 41.5 Å². The minimum atomic E-state index is -0.897. The van der Waals surface area contributed by atoms with Gasteiger partial charge in [0, 0.05) is 17.6 Å². The maximum atomic E-state index is 12.7. The molecule has 1 amide bonds. The van der Waals surface area contributed by atoms with Gasteiger partial charge in [-0.2, -0.15) is 0 Å². The van der Waals surface area contributed by atoms with E-state index in [1.807, 2.05) is 63.2 Å². The highest BCUT2D eigenvalue weighted by Gasteiger charge is 2.21. The highest BCUT2D eigenvalue weighted by molar-refractivity contribution is 6.04. The molecule has 0 fully saturated rings. The van der Waals surface area contributed by atoms with Gasteiger partial charge in [-0.15, -0.1) is 0 Å². The lowest BCUT2D eigenvalue weighted by Gasteiger charge is -2.15. The van der Waals surface area contributed by atoms with Crippen LogP contribution in [0.1, 0.15) is 39.7 Å². The molecule has 0 bridgehead atoms. The van der Waals surface area contributed by atoms with Crippen LogP contribution in [0.4, 0.5) is 0 Å². The van der Waals surface area contributed by atoms with Crippen LogP contribution in [0.2, 0.25) is 0 Å². The van der Waals surface area contributed by atoms with Gasteiger partial charge in [-0.25, -0.2) is 4.79 Å². The normalized spacial score (nSPS) is 11.9. The minimum Gasteiger partial charge on any atom is -0.449 e. The third-order valence-electron chi connectivity index (χ3n) is 4.55. The highest BCUT2D eigenvalue weighted by Crippen LogP contribution is 2.21. The molecule has 2 aromatic carbocycles. The number of aromatic nitrogens is 1. The molecular formula is C23H24N2O3. The molecule has 3 aromatic rings. The molecule has 28 heavy (non-hydrogen) atoms. The van der Waals surface area contributed by atoms with E-state index in [1.54, 1.807) is 13.0 Å². The van der Waals surface area contributed by atoms with E-state index in [-0.39, 0.29) is 5.91 Å². The summed E-state index contributed by atoms with van der Waals surface area (Å²) in [7, 11) is 0. The van der Waals surface area contributed by atoms with E-state index in [2.05, 4.69) is 10.3 Å². The van der Waals surface area contributed by atoms with Crippen molar-refractivity contribution >= 4 is 22.8 Å². The van der Waals surface area contributed by atoms with E-state index in [0.717, 1.165) is 33.3 Å². The van der Waals surface area contributed by atoms with Gasteiger partial charge in [0.05, 0.1) is 11.1 Å². The summed E-state index contributed by atoms with van der Waals surface area (Å²) in [5.74, 6) is -0.862. The number of hydrogen-bond acceptors (Lipinski definition) is 4. The van der Waals surface area contributed by atoms with Gasteiger partial charge in [-0.05, 0) is 51.5 Å². The molecule has 0 radical (unpaired) electrons. The summed E-state index contributed by atoms with van der Waals surface area (Å²) in [6.07, 6.45) is -0.897. The summed E-state index contributed by atoms with van der Waals surface area (Å²) in [5, 5.41) is 3.53. The number of fused-ring (bicyclic) bond motifs is 1. The number of aryl methyl sites for hydroxylation is 3. The first-order valence-electron chi connectivity index (χ1n) is 9.26. The SMILES string of the molecule is Cc1ccc(CNC(=O)C(C)OC(=O)c2cc(C)nc3ccc(C)cc23)cc1. The maximum absolute atomic E-state index is 12.7. The van der Waals surface area contributed by atoms with Crippen molar-refractivity contribution in [3.8, 4) is 0 Å². The summed E-state index contributed by atoms with van der Waals surface area (Å²) < 4.78 is 5.43. The number of esters is 1. The number of carbonyl (C=O) groups is 2. The van der Waals surface area contributed by atoms with Crippen LogP contribution < -0.4 is 5.32 Å². The zero-order valence-electron chi connectivity index (χ0n) is 16.6. The second-order valence-electron chi connectivity index (χ2n) is 7.08. The number of nitrogens with zero attached hydrogens (tertiary/aromatic N) is 1. The van der Waals surface area contributed by atoms with Crippen molar-refractivity contribution in [1.29, 1.82) is 0 Å².